The highest BCUT2D eigenvalue weighted by Crippen LogP contribution is 2.21. The number of hydrogen-bond donors (Lipinski definition) is 2. The van der Waals surface area contributed by atoms with E-state index in [9.17, 15) is 4.79 Å². The average molecular weight is 258 g/mol. The summed E-state index contributed by atoms with van der Waals surface area (Å²) in [4.78, 5) is 11.0. The molecule has 19 heavy (non-hydrogen) atoms. The van der Waals surface area contributed by atoms with Gasteiger partial charge in [-0.05, 0) is 56.6 Å². The topological polar surface area (TPSA) is 68.2 Å². The van der Waals surface area contributed by atoms with Gasteiger partial charge in [-0.1, -0.05) is 6.07 Å². The van der Waals surface area contributed by atoms with Crippen molar-refractivity contribution in [2.45, 2.75) is 20.3 Å². The van der Waals surface area contributed by atoms with Gasteiger partial charge < -0.3 is 15.4 Å². The van der Waals surface area contributed by atoms with Gasteiger partial charge in [-0.3, -0.25) is 0 Å². The molecule has 3 N–H and O–H groups in total. The molecule has 0 amide bonds. The Morgan fingerprint density at radius 1 is 1.32 bits per heavy atom. The van der Waals surface area contributed by atoms with Gasteiger partial charge in [0.05, 0.1) is 5.56 Å². The number of rotatable bonds is 4. The van der Waals surface area contributed by atoms with Gasteiger partial charge in [0, 0.05) is 17.1 Å². The first-order chi connectivity index (χ1) is 9.04. The van der Waals surface area contributed by atoms with Crippen LogP contribution in [-0.2, 0) is 6.42 Å². The highest BCUT2D eigenvalue weighted by molar-refractivity contribution is 5.88. The largest absolute Gasteiger partial charge is 0.478 e. The van der Waals surface area contributed by atoms with Crippen molar-refractivity contribution in [1.82, 2.24) is 4.57 Å². The fourth-order valence-electron chi connectivity index (χ4n) is 2.41. The molecule has 1 aromatic carbocycles. The van der Waals surface area contributed by atoms with Crippen LogP contribution in [0.25, 0.3) is 5.69 Å². The number of aromatic nitrogens is 1. The minimum absolute atomic E-state index is 0.297. The Bertz CT molecular complexity index is 615. The Kier molecular flexibility index (Phi) is 3.71. The fourth-order valence-corrected chi connectivity index (χ4v) is 2.41. The summed E-state index contributed by atoms with van der Waals surface area (Å²) < 4.78 is 2.07. The molecule has 1 heterocycles. The van der Waals surface area contributed by atoms with Crippen molar-refractivity contribution in [1.29, 1.82) is 0 Å². The van der Waals surface area contributed by atoms with Crippen LogP contribution in [-0.4, -0.2) is 22.2 Å². The first kappa shape index (κ1) is 13.4. The van der Waals surface area contributed by atoms with Crippen LogP contribution in [0.15, 0.2) is 30.3 Å². The van der Waals surface area contributed by atoms with E-state index in [0.717, 1.165) is 23.5 Å². The lowest BCUT2D eigenvalue weighted by atomic mass is 10.1. The molecular formula is C15H18N2O2. The number of carboxylic acid groups (broad SMARTS) is 1. The van der Waals surface area contributed by atoms with Crippen LogP contribution >= 0.6 is 0 Å². The molecule has 1 aromatic heterocycles. The molecule has 0 atom stereocenters. The Labute approximate surface area is 112 Å². The van der Waals surface area contributed by atoms with Crippen molar-refractivity contribution in [3.63, 3.8) is 0 Å². The Morgan fingerprint density at radius 2 is 2.05 bits per heavy atom. The molecule has 0 aliphatic carbocycles. The molecule has 0 aliphatic heterocycles. The van der Waals surface area contributed by atoms with E-state index in [0.29, 0.717) is 12.1 Å². The summed E-state index contributed by atoms with van der Waals surface area (Å²) in [6.45, 7) is 4.66. The molecule has 2 aromatic rings. The number of carboxylic acids is 1. The van der Waals surface area contributed by atoms with Crippen molar-refractivity contribution < 1.29 is 9.90 Å². The highest BCUT2D eigenvalue weighted by atomic mass is 16.4. The van der Waals surface area contributed by atoms with Crippen molar-refractivity contribution in [3.05, 3.63) is 52.8 Å². The molecule has 0 aliphatic rings. The minimum atomic E-state index is -0.911. The van der Waals surface area contributed by atoms with E-state index >= 15 is 0 Å². The van der Waals surface area contributed by atoms with E-state index < -0.39 is 5.97 Å². The maximum absolute atomic E-state index is 11.0. The molecule has 2 rings (SSSR count). The summed E-state index contributed by atoms with van der Waals surface area (Å²) in [7, 11) is 0. The van der Waals surface area contributed by atoms with Gasteiger partial charge in [0.15, 0.2) is 0 Å². The second-order valence-electron chi connectivity index (χ2n) is 4.63. The quantitative estimate of drug-likeness (QED) is 0.884. The first-order valence-electron chi connectivity index (χ1n) is 6.26. The lowest BCUT2D eigenvalue weighted by Gasteiger charge is -2.10. The maximum atomic E-state index is 11.0. The van der Waals surface area contributed by atoms with Crippen LogP contribution in [0, 0.1) is 13.8 Å². The lowest BCUT2D eigenvalue weighted by Crippen LogP contribution is -2.05. The van der Waals surface area contributed by atoms with E-state index in [1.807, 2.05) is 19.9 Å². The normalized spacial score (nSPS) is 10.7. The minimum Gasteiger partial charge on any atom is -0.478 e. The van der Waals surface area contributed by atoms with Gasteiger partial charge in [-0.15, -0.1) is 0 Å². The third-order valence-electron chi connectivity index (χ3n) is 3.30. The number of nitrogens with two attached hydrogens (primary N) is 1. The SMILES string of the molecule is Cc1cc(CCN)c(C)n1-c1cccc(C(=O)O)c1. The summed E-state index contributed by atoms with van der Waals surface area (Å²) in [6.07, 6.45) is 0.832. The van der Waals surface area contributed by atoms with Gasteiger partial charge in [0.25, 0.3) is 0 Å². The third-order valence-corrected chi connectivity index (χ3v) is 3.30. The molecule has 0 spiro atoms. The van der Waals surface area contributed by atoms with Crippen LogP contribution in [0.4, 0.5) is 0 Å². The van der Waals surface area contributed by atoms with Gasteiger partial charge in [0.1, 0.15) is 0 Å². The highest BCUT2D eigenvalue weighted by Gasteiger charge is 2.11. The summed E-state index contributed by atoms with van der Waals surface area (Å²) in [5.41, 5.74) is 10.2. The van der Waals surface area contributed by atoms with Crippen LogP contribution in [0.1, 0.15) is 27.3 Å². The van der Waals surface area contributed by atoms with Crippen LogP contribution < -0.4 is 5.73 Å². The number of benzene rings is 1. The van der Waals surface area contributed by atoms with E-state index in [1.165, 1.54) is 5.56 Å². The molecular weight excluding hydrogens is 240 g/mol. The average Bonchev–Trinajstić information content (AvgIpc) is 2.65. The zero-order valence-corrected chi connectivity index (χ0v) is 11.2. The second kappa shape index (κ2) is 5.28. The second-order valence-corrected chi connectivity index (χ2v) is 4.63. The van der Waals surface area contributed by atoms with Gasteiger partial charge >= 0.3 is 5.97 Å². The summed E-state index contributed by atoms with van der Waals surface area (Å²) >= 11 is 0. The smallest absolute Gasteiger partial charge is 0.335 e. The van der Waals surface area contributed by atoms with E-state index in [-0.39, 0.29) is 0 Å². The zero-order valence-electron chi connectivity index (χ0n) is 11.2. The number of nitrogens with zero attached hydrogens (tertiary/aromatic N) is 1. The molecule has 4 heteroatoms. The lowest BCUT2D eigenvalue weighted by molar-refractivity contribution is 0.0697. The van der Waals surface area contributed by atoms with Gasteiger partial charge in [0.2, 0.25) is 0 Å². The molecule has 0 fully saturated rings. The third kappa shape index (κ3) is 2.53. The van der Waals surface area contributed by atoms with Gasteiger partial charge in [-0.25, -0.2) is 4.79 Å². The summed E-state index contributed by atoms with van der Waals surface area (Å²) in [5.74, 6) is -0.911. The van der Waals surface area contributed by atoms with Crippen LogP contribution in [0.3, 0.4) is 0 Å². The molecule has 0 saturated carbocycles. The van der Waals surface area contributed by atoms with Crippen molar-refractivity contribution in [3.8, 4) is 5.69 Å². The van der Waals surface area contributed by atoms with E-state index in [4.69, 9.17) is 10.8 Å². The molecule has 4 nitrogen and oxygen atoms in total. The summed E-state index contributed by atoms with van der Waals surface area (Å²) in [6, 6.07) is 9.07. The molecule has 0 unspecified atom stereocenters. The van der Waals surface area contributed by atoms with E-state index in [1.54, 1.807) is 18.2 Å². The number of carbonyl (C=O) groups is 1. The van der Waals surface area contributed by atoms with Gasteiger partial charge in [-0.2, -0.15) is 0 Å². The van der Waals surface area contributed by atoms with Crippen molar-refractivity contribution in [2.75, 3.05) is 6.54 Å². The molecule has 100 valence electrons. The first-order valence-corrected chi connectivity index (χ1v) is 6.26. The predicted octanol–water partition coefficient (Wildman–Crippen LogP) is 2.29. The number of aromatic carboxylic acids is 1. The number of hydrogen-bond acceptors (Lipinski definition) is 2. The van der Waals surface area contributed by atoms with Crippen molar-refractivity contribution >= 4 is 5.97 Å². The Balaban J connectivity index is 2.52. The van der Waals surface area contributed by atoms with Crippen molar-refractivity contribution in [2.24, 2.45) is 5.73 Å². The predicted molar refractivity (Wildman–Crippen MR) is 75.0 cm³/mol. The van der Waals surface area contributed by atoms with Crippen LogP contribution in [0.5, 0.6) is 0 Å². The summed E-state index contributed by atoms with van der Waals surface area (Å²) in [5, 5.41) is 9.06. The molecule has 0 radical (unpaired) electrons. The maximum Gasteiger partial charge on any atom is 0.335 e. The number of aryl methyl sites for hydroxylation is 1. The van der Waals surface area contributed by atoms with Crippen LogP contribution in [0.2, 0.25) is 0 Å². The fraction of sp³-hybridized carbons (Fsp3) is 0.267. The zero-order chi connectivity index (χ0) is 14.0. The monoisotopic (exact) mass is 258 g/mol. The standard InChI is InChI=1S/C15H18N2O2/c1-10-8-12(6-7-16)11(2)17(10)14-5-3-4-13(9-14)15(18)19/h3-5,8-9H,6-7,16H2,1-2H3,(H,18,19). The Hall–Kier alpha value is -2.07. The Morgan fingerprint density at radius 3 is 2.68 bits per heavy atom. The molecule has 0 bridgehead atoms. The van der Waals surface area contributed by atoms with E-state index in [2.05, 4.69) is 10.6 Å². The molecule has 0 saturated heterocycles.